The van der Waals surface area contributed by atoms with Crippen LogP contribution in [0.5, 0.6) is 0 Å². The van der Waals surface area contributed by atoms with Crippen molar-refractivity contribution in [3.8, 4) is 16.9 Å². The fourth-order valence-corrected chi connectivity index (χ4v) is 6.41. The Balaban J connectivity index is 1.36. The summed E-state index contributed by atoms with van der Waals surface area (Å²) in [5, 5.41) is 8.54. The molecule has 2 aromatic carbocycles. The van der Waals surface area contributed by atoms with Crippen LogP contribution in [0.4, 0.5) is 0 Å². The lowest BCUT2D eigenvalue weighted by Crippen LogP contribution is -2.52. The Hall–Kier alpha value is -4.02. The van der Waals surface area contributed by atoms with Gasteiger partial charge in [0.25, 0.3) is 5.56 Å². The number of hydrogen-bond acceptors (Lipinski definition) is 6. The summed E-state index contributed by atoms with van der Waals surface area (Å²) in [4.78, 5) is 49.1. The summed E-state index contributed by atoms with van der Waals surface area (Å²) in [6.07, 6.45) is 5.49. The molecule has 10 nitrogen and oxygen atoms in total. The Morgan fingerprint density at radius 1 is 1.05 bits per heavy atom. The molecule has 2 aliphatic heterocycles. The molecule has 2 atom stereocenters. The van der Waals surface area contributed by atoms with E-state index < -0.39 is 11.5 Å². The van der Waals surface area contributed by atoms with Crippen LogP contribution in [-0.2, 0) is 16.0 Å². The molecule has 2 aromatic heterocycles. The number of carbonyl (C=O) groups is 2. The topological polar surface area (TPSA) is 106 Å². The summed E-state index contributed by atoms with van der Waals surface area (Å²) >= 11 is 12.3. The van der Waals surface area contributed by atoms with Gasteiger partial charge in [-0.1, -0.05) is 58.7 Å². The van der Waals surface area contributed by atoms with E-state index in [1.807, 2.05) is 37.4 Å². The van der Waals surface area contributed by atoms with E-state index >= 15 is 0 Å². The molecule has 0 bridgehead atoms. The maximum Gasteiger partial charge on any atom is 0.254 e. The van der Waals surface area contributed by atoms with Gasteiger partial charge in [-0.25, -0.2) is 9.67 Å². The molecule has 4 aromatic rings. The minimum atomic E-state index is -0.834. The number of piperidine rings is 1. The van der Waals surface area contributed by atoms with E-state index in [1.54, 1.807) is 34.2 Å². The third kappa shape index (κ3) is 5.32. The van der Waals surface area contributed by atoms with Gasteiger partial charge in [-0.2, -0.15) is 0 Å². The number of benzene rings is 2. The Kier molecular flexibility index (Phi) is 7.59. The van der Waals surface area contributed by atoms with Crippen molar-refractivity contribution in [2.75, 3.05) is 26.7 Å². The molecule has 2 aliphatic rings. The molecule has 2 unspecified atom stereocenters. The van der Waals surface area contributed by atoms with Gasteiger partial charge in [0.2, 0.25) is 11.8 Å². The summed E-state index contributed by atoms with van der Waals surface area (Å²) in [6.45, 7) is 1.58. The van der Waals surface area contributed by atoms with Crippen LogP contribution >= 0.6 is 23.2 Å². The van der Waals surface area contributed by atoms with E-state index in [0.717, 1.165) is 24.8 Å². The van der Waals surface area contributed by atoms with Crippen LogP contribution in [0.25, 0.3) is 16.9 Å². The first-order valence-electron chi connectivity index (χ1n) is 13.8. The minimum absolute atomic E-state index is 0.0915. The predicted molar refractivity (Wildman–Crippen MR) is 159 cm³/mol. The molecule has 0 N–H and O–H groups in total. The second-order valence-corrected chi connectivity index (χ2v) is 11.8. The monoisotopic (exact) mass is 605 g/mol. The van der Waals surface area contributed by atoms with Crippen molar-refractivity contribution in [2.24, 2.45) is 5.41 Å². The lowest BCUT2D eigenvalue weighted by atomic mass is 9.78. The molecule has 0 aliphatic carbocycles. The fraction of sp³-hybridized carbons (Fsp3) is 0.333. The van der Waals surface area contributed by atoms with Crippen LogP contribution in [-0.4, -0.2) is 72.8 Å². The van der Waals surface area contributed by atoms with E-state index in [0.29, 0.717) is 48.0 Å². The highest BCUT2D eigenvalue weighted by Gasteiger charge is 2.49. The maximum absolute atomic E-state index is 14.2. The van der Waals surface area contributed by atoms with E-state index in [1.165, 1.54) is 21.6 Å². The standard InChI is InChI=1S/C30H29Cl2N7O3/c1-36-13-11-30(29(36)42)10-5-12-37(18-30)28(41)25(14-20-6-3-2-4-7-20)38-19-33-23(16-27(38)40)22-15-21(31)8-9-24(22)39-17-26(32)34-35-39/h2-4,6-9,15-17,19,25H,5,10-14,18H2,1H3. The number of carbonyl (C=O) groups excluding carboxylic acids is 2. The lowest BCUT2D eigenvalue weighted by molar-refractivity contribution is -0.144. The van der Waals surface area contributed by atoms with Gasteiger partial charge in [0.1, 0.15) is 6.04 Å². The van der Waals surface area contributed by atoms with Gasteiger partial charge in [0.05, 0.1) is 29.3 Å². The molecule has 2 amide bonds. The summed E-state index contributed by atoms with van der Waals surface area (Å²) in [5.74, 6) is -0.105. The highest BCUT2D eigenvalue weighted by molar-refractivity contribution is 6.31. The number of halogens is 2. The smallest absolute Gasteiger partial charge is 0.254 e. The van der Waals surface area contributed by atoms with Crippen LogP contribution in [0.3, 0.4) is 0 Å². The molecule has 0 saturated carbocycles. The van der Waals surface area contributed by atoms with Gasteiger partial charge in [0.15, 0.2) is 5.15 Å². The number of likely N-dealkylation sites (tertiary alicyclic amines) is 2. The Labute approximate surface area is 252 Å². The molecule has 6 rings (SSSR count). The maximum atomic E-state index is 14.2. The van der Waals surface area contributed by atoms with Gasteiger partial charge in [-0.3, -0.25) is 19.0 Å². The fourth-order valence-electron chi connectivity index (χ4n) is 6.11. The molecular formula is C30H29Cl2N7O3. The van der Waals surface area contributed by atoms with Crippen molar-refractivity contribution < 1.29 is 9.59 Å². The SMILES string of the molecule is CN1CCC2(CCCN(C(=O)C(Cc3ccccc3)n3cnc(-c4cc(Cl)ccc4-n4cc(Cl)nn4)cc3=O)C2)C1=O. The van der Waals surface area contributed by atoms with E-state index in [9.17, 15) is 14.4 Å². The largest absolute Gasteiger partial charge is 0.345 e. The quantitative estimate of drug-likeness (QED) is 0.328. The van der Waals surface area contributed by atoms with Crippen LogP contribution in [0.2, 0.25) is 10.2 Å². The molecular weight excluding hydrogens is 577 g/mol. The van der Waals surface area contributed by atoms with Gasteiger partial charge in [-0.15, -0.1) is 5.10 Å². The summed E-state index contributed by atoms with van der Waals surface area (Å²) in [5.41, 5.74) is 1.48. The Morgan fingerprint density at radius 2 is 1.86 bits per heavy atom. The Morgan fingerprint density at radius 3 is 2.55 bits per heavy atom. The van der Waals surface area contributed by atoms with Crippen molar-refractivity contribution in [3.05, 3.63) is 93.2 Å². The van der Waals surface area contributed by atoms with E-state index in [-0.39, 0.29) is 22.5 Å². The summed E-state index contributed by atoms with van der Waals surface area (Å²) in [7, 11) is 1.81. The molecule has 216 valence electrons. The number of amides is 2. The third-order valence-corrected chi connectivity index (χ3v) is 8.70. The summed E-state index contributed by atoms with van der Waals surface area (Å²) < 4.78 is 2.87. The number of rotatable bonds is 6. The molecule has 42 heavy (non-hydrogen) atoms. The molecule has 2 saturated heterocycles. The van der Waals surface area contributed by atoms with Crippen molar-refractivity contribution in [1.29, 1.82) is 0 Å². The Bertz CT molecular complexity index is 1700. The molecule has 4 heterocycles. The van der Waals surface area contributed by atoms with Crippen molar-refractivity contribution in [3.63, 3.8) is 0 Å². The van der Waals surface area contributed by atoms with Gasteiger partial charge >= 0.3 is 0 Å². The van der Waals surface area contributed by atoms with Crippen LogP contribution in [0.15, 0.2) is 71.9 Å². The minimum Gasteiger partial charge on any atom is -0.345 e. The average Bonchev–Trinajstić information content (AvgIpc) is 3.55. The van der Waals surface area contributed by atoms with Crippen molar-refractivity contribution >= 4 is 35.0 Å². The lowest BCUT2D eigenvalue weighted by Gasteiger charge is -2.40. The van der Waals surface area contributed by atoms with Crippen molar-refractivity contribution in [1.82, 2.24) is 34.3 Å². The average molecular weight is 607 g/mol. The number of aromatic nitrogens is 5. The molecule has 0 radical (unpaired) electrons. The normalized spacial score (nSPS) is 19.5. The molecule has 2 fully saturated rings. The van der Waals surface area contributed by atoms with Gasteiger partial charge in [0, 0.05) is 49.8 Å². The zero-order chi connectivity index (χ0) is 29.4. The van der Waals surface area contributed by atoms with E-state index in [4.69, 9.17) is 23.2 Å². The first-order chi connectivity index (χ1) is 20.2. The second kappa shape index (κ2) is 11.3. The van der Waals surface area contributed by atoms with Crippen molar-refractivity contribution in [2.45, 2.75) is 31.7 Å². The second-order valence-electron chi connectivity index (χ2n) is 11.0. The first kappa shape index (κ1) is 28.1. The number of hydrogen-bond donors (Lipinski definition) is 0. The highest BCUT2D eigenvalue weighted by Crippen LogP contribution is 2.40. The van der Waals surface area contributed by atoms with Crippen LogP contribution in [0.1, 0.15) is 30.9 Å². The summed E-state index contributed by atoms with van der Waals surface area (Å²) in [6, 6.07) is 15.3. The predicted octanol–water partition coefficient (Wildman–Crippen LogP) is 4.05. The highest BCUT2D eigenvalue weighted by atomic mass is 35.5. The van der Waals surface area contributed by atoms with E-state index in [2.05, 4.69) is 15.3 Å². The molecule has 12 heteroatoms. The van der Waals surface area contributed by atoms with Gasteiger partial charge in [-0.05, 0) is 43.0 Å². The molecule has 1 spiro atoms. The number of nitrogens with zero attached hydrogens (tertiary/aromatic N) is 7. The zero-order valence-corrected chi connectivity index (χ0v) is 24.5. The van der Waals surface area contributed by atoms with Crippen LogP contribution in [0, 0.1) is 5.41 Å². The van der Waals surface area contributed by atoms with Crippen LogP contribution < -0.4 is 5.56 Å². The van der Waals surface area contributed by atoms with Gasteiger partial charge < -0.3 is 9.80 Å². The zero-order valence-electron chi connectivity index (χ0n) is 23.0. The third-order valence-electron chi connectivity index (χ3n) is 8.29. The first-order valence-corrected chi connectivity index (χ1v) is 14.5.